The Balaban J connectivity index is 2.39. The zero-order valence-electron chi connectivity index (χ0n) is 13.3. The highest BCUT2D eigenvalue weighted by Gasteiger charge is 2.30. The maximum absolute atomic E-state index is 12.9. The van der Waals surface area contributed by atoms with Crippen LogP contribution in [-0.2, 0) is 14.6 Å². The van der Waals surface area contributed by atoms with Gasteiger partial charge < -0.3 is 10.2 Å². The van der Waals surface area contributed by atoms with Gasteiger partial charge in [0.1, 0.15) is 9.46 Å². The van der Waals surface area contributed by atoms with Crippen molar-refractivity contribution in [2.24, 2.45) is 0 Å². The van der Waals surface area contributed by atoms with Gasteiger partial charge in [0, 0.05) is 33.3 Å². The average Bonchev–Trinajstić information content (AvgIpc) is 3.02. The molecular formula is C16H20N2O3S2. The van der Waals surface area contributed by atoms with E-state index in [9.17, 15) is 13.2 Å². The number of nitrogens with zero attached hydrogens (tertiary/aromatic N) is 1. The zero-order chi connectivity index (χ0) is 17.0. The van der Waals surface area contributed by atoms with E-state index < -0.39 is 15.1 Å². The number of amides is 1. The summed E-state index contributed by atoms with van der Waals surface area (Å²) in [6.07, 6.45) is 0. The summed E-state index contributed by atoms with van der Waals surface area (Å²) in [6, 6.07) is 10.6. The smallest absolute Gasteiger partial charge is 0.216 e. The SMILES string of the molecule is CC(=O)NC[C@@H](c1ccc(N(C)C)cc1)S(=O)(=O)c1cccs1. The molecule has 0 saturated carbocycles. The van der Waals surface area contributed by atoms with Gasteiger partial charge in [-0.2, -0.15) is 0 Å². The van der Waals surface area contributed by atoms with Crippen molar-refractivity contribution in [2.45, 2.75) is 16.4 Å². The van der Waals surface area contributed by atoms with E-state index in [1.807, 2.05) is 31.1 Å². The van der Waals surface area contributed by atoms with Crippen LogP contribution in [0, 0.1) is 0 Å². The maximum Gasteiger partial charge on any atom is 0.216 e. The van der Waals surface area contributed by atoms with Gasteiger partial charge in [0.2, 0.25) is 5.91 Å². The largest absolute Gasteiger partial charge is 0.378 e. The van der Waals surface area contributed by atoms with E-state index in [1.54, 1.807) is 29.6 Å². The van der Waals surface area contributed by atoms with E-state index in [0.29, 0.717) is 9.77 Å². The second-order valence-corrected chi connectivity index (χ2v) is 8.69. The average molecular weight is 352 g/mol. The molecule has 2 rings (SSSR count). The Kier molecular flexibility index (Phi) is 5.43. The first kappa shape index (κ1) is 17.5. The Morgan fingerprint density at radius 2 is 1.87 bits per heavy atom. The minimum absolute atomic E-state index is 0.0525. The molecule has 0 bridgehead atoms. The third-order valence-corrected chi connectivity index (χ3v) is 7.00. The lowest BCUT2D eigenvalue weighted by Crippen LogP contribution is -2.30. The van der Waals surface area contributed by atoms with E-state index in [2.05, 4.69) is 5.32 Å². The van der Waals surface area contributed by atoms with Gasteiger partial charge in [-0.25, -0.2) is 8.42 Å². The van der Waals surface area contributed by atoms with Crippen molar-refractivity contribution >= 4 is 32.8 Å². The normalized spacial score (nSPS) is 12.7. The first-order valence-electron chi connectivity index (χ1n) is 7.11. The number of anilines is 1. The number of hydrogen-bond donors (Lipinski definition) is 1. The Labute approximate surface area is 140 Å². The van der Waals surface area contributed by atoms with Gasteiger partial charge in [-0.3, -0.25) is 4.79 Å². The highest BCUT2D eigenvalue weighted by molar-refractivity contribution is 7.93. The lowest BCUT2D eigenvalue weighted by atomic mass is 10.1. The highest BCUT2D eigenvalue weighted by Crippen LogP contribution is 2.32. The summed E-state index contributed by atoms with van der Waals surface area (Å²) in [4.78, 5) is 13.2. The fraction of sp³-hybridized carbons (Fsp3) is 0.312. The van der Waals surface area contributed by atoms with Gasteiger partial charge in [0.15, 0.2) is 9.84 Å². The number of sulfone groups is 1. The summed E-state index contributed by atoms with van der Waals surface area (Å²) in [5.74, 6) is -0.249. The van der Waals surface area contributed by atoms with Crippen LogP contribution in [0.15, 0.2) is 46.0 Å². The van der Waals surface area contributed by atoms with Gasteiger partial charge in [0.25, 0.3) is 0 Å². The Morgan fingerprint density at radius 1 is 1.22 bits per heavy atom. The summed E-state index contributed by atoms with van der Waals surface area (Å²) < 4.78 is 26.1. The van der Waals surface area contributed by atoms with Crippen molar-refractivity contribution in [3.05, 3.63) is 47.3 Å². The zero-order valence-corrected chi connectivity index (χ0v) is 14.9. The molecule has 2 aromatic rings. The van der Waals surface area contributed by atoms with Crippen LogP contribution in [0.2, 0.25) is 0 Å². The molecule has 7 heteroatoms. The van der Waals surface area contributed by atoms with Crippen molar-refractivity contribution in [1.29, 1.82) is 0 Å². The molecule has 0 spiro atoms. The Bertz CT molecular complexity index is 751. The van der Waals surface area contributed by atoms with Crippen molar-refractivity contribution in [3.8, 4) is 0 Å². The molecule has 1 amide bonds. The molecular weight excluding hydrogens is 332 g/mol. The van der Waals surface area contributed by atoms with Gasteiger partial charge in [-0.15, -0.1) is 11.3 Å². The molecule has 0 unspecified atom stereocenters. The summed E-state index contributed by atoms with van der Waals surface area (Å²) in [6.45, 7) is 1.43. The molecule has 1 N–H and O–H groups in total. The first-order chi connectivity index (χ1) is 10.8. The van der Waals surface area contributed by atoms with Crippen LogP contribution >= 0.6 is 11.3 Å². The van der Waals surface area contributed by atoms with E-state index in [-0.39, 0.29) is 12.5 Å². The van der Waals surface area contributed by atoms with E-state index in [0.717, 1.165) is 5.69 Å². The molecule has 124 valence electrons. The summed E-state index contributed by atoms with van der Waals surface area (Å²) in [5.41, 5.74) is 1.65. The minimum Gasteiger partial charge on any atom is -0.378 e. The number of carbonyl (C=O) groups excluding carboxylic acids is 1. The Hall–Kier alpha value is -1.86. The van der Waals surface area contributed by atoms with Crippen LogP contribution in [-0.4, -0.2) is 35.0 Å². The van der Waals surface area contributed by atoms with E-state index in [4.69, 9.17) is 0 Å². The molecule has 5 nitrogen and oxygen atoms in total. The molecule has 0 aliphatic heterocycles. The van der Waals surface area contributed by atoms with Crippen LogP contribution in [0.4, 0.5) is 5.69 Å². The predicted octanol–water partition coefficient (Wildman–Crippen LogP) is 2.47. The standard InChI is InChI=1S/C16H20N2O3S2/c1-12(19)17-11-15(23(20,21)16-5-4-10-22-16)13-6-8-14(9-7-13)18(2)3/h4-10,15H,11H2,1-3H3,(H,17,19)/t15-/m0/s1. The van der Waals surface area contributed by atoms with Gasteiger partial charge in [-0.05, 0) is 29.1 Å². The fourth-order valence-corrected chi connectivity index (χ4v) is 5.06. The monoisotopic (exact) mass is 352 g/mol. The molecule has 0 fully saturated rings. The van der Waals surface area contributed by atoms with Crippen LogP contribution in [0.1, 0.15) is 17.7 Å². The third-order valence-electron chi connectivity index (χ3n) is 3.47. The molecule has 1 heterocycles. The fourth-order valence-electron chi connectivity index (χ4n) is 2.20. The minimum atomic E-state index is -3.55. The molecule has 0 radical (unpaired) electrons. The number of thiophene rings is 1. The molecule has 1 atom stereocenters. The number of nitrogens with one attached hydrogen (secondary N) is 1. The van der Waals surface area contributed by atoms with Crippen LogP contribution in [0.25, 0.3) is 0 Å². The second-order valence-electron chi connectivity index (χ2n) is 5.39. The van der Waals surface area contributed by atoms with Crippen molar-refractivity contribution in [2.75, 3.05) is 25.5 Å². The molecule has 1 aromatic carbocycles. The summed E-state index contributed by atoms with van der Waals surface area (Å²) >= 11 is 1.19. The van der Waals surface area contributed by atoms with Crippen LogP contribution < -0.4 is 10.2 Å². The van der Waals surface area contributed by atoms with Crippen molar-refractivity contribution in [1.82, 2.24) is 5.32 Å². The van der Waals surface area contributed by atoms with Crippen molar-refractivity contribution in [3.63, 3.8) is 0 Å². The lowest BCUT2D eigenvalue weighted by Gasteiger charge is -2.19. The molecule has 23 heavy (non-hydrogen) atoms. The maximum atomic E-state index is 12.9. The highest BCUT2D eigenvalue weighted by atomic mass is 32.2. The summed E-state index contributed by atoms with van der Waals surface area (Å²) in [5, 5.41) is 3.55. The molecule has 0 aliphatic rings. The Morgan fingerprint density at radius 3 is 2.35 bits per heavy atom. The number of hydrogen-bond acceptors (Lipinski definition) is 5. The van der Waals surface area contributed by atoms with Gasteiger partial charge in [-0.1, -0.05) is 18.2 Å². The summed E-state index contributed by atoms with van der Waals surface area (Å²) in [7, 11) is 0.296. The molecule has 1 aromatic heterocycles. The second kappa shape index (κ2) is 7.14. The lowest BCUT2D eigenvalue weighted by molar-refractivity contribution is -0.118. The number of carbonyl (C=O) groups is 1. The van der Waals surface area contributed by atoms with Crippen LogP contribution in [0.3, 0.4) is 0 Å². The first-order valence-corrected chi connectivity index (χ1v) is 9.54. The van der Waals surface area contributed by atoms with E-state index >= 15 is 0 Å². The topological polar surface area (TPSA) is 66.5 Å². The van der Waals surface area contributed by atoms with Gasteiger partial charge in [0.05, 0.1) is 0 Å². The predicted molar refractivity (Wildman–Crippen MR) is 93.7 cm³/mol. The van der Waals surface area contributed by atoms with Gasteiger partial charge >= 0.3 is 0 Å². The molecule has 0 saturated heterocycles. The number of rotatable bonds is 6. The molecule has 0 aliphatic carbocycles. The third kappa shape index (κ3) is 4.11. The quantitative estimate of drug-likeness (QED) is 0.867. The van der Waals surface area contributed by atoms with Crippen molar-refractivity contribution < 1.29 is 13.2 Å². The number of benzene rings is 1. The van der Waals surface area contributed by atoms with Crippen LogP contribution in [0.5, 0.6) is 0 Å². The van der Waals surface area contributed by atoms with E-state index in [1.165, 1.54) is 18.3 Å².